The second kappa shape index (κ2) is 3.73. The van der Waals surface area contributed by atoms with Gasteiger partial charge in [0.05, 0.1) is 11.9 Å². The van der Waals surface area contributed by atoms with Crippen molar-refractivity contribution in [3.63, 3.8) is 0 Å². The van der Waals surface area contributed by atoms with E-state index >= 15 is 0 Å². The molecule has 0 aliphatic carbocycles. The number of aryl methyl sites for hydroxylation is 1. The molecule has 2 heterocycles. The molecule has 1 aromatic rings. The Labute approximate surface area is 91.0 Å². The Balaban J connectivity index is 2.18. The van der Waals surface area contributed by atoms with E-state index in [1.54, 1.807) is 11.1 Å². The van der Waals surface area contributed by atoms with E-state index in [4.69, 9.17) is 0 Å². The van der Waals surface area contributed by atoms with Crippen molar-refractivity contribution >= 4 is 27.5 Å². The number of anilines is 1. The predicted octanol–water partition coefficient (Wildman–Crippen LogP) is 1.40. The van der Waals surface area contributed by atoms with Crippen LogP contribution in [0.1, 0.15) is 13.3 Å². The van der Waals surface area contributed by atoms with Gasteiger partial charge in [0.1, 0.15) is 0 Å². The molecule has 0 radical (unpaired) electrons. The monoisotopic (exact) mass is 257 g/mol. The molecule has 1 fully saturated rings. The number of amides is 1. The van der Waals surface area contributed by atoms with Crippen LogP contribution in [0.25, 0.3) is 0 Å². The molecule has 0 N–H and O–H groups in total. The number of halogens is 1. The fourth-order valence-electron chi connectivity index (χ4n) is 1.58. The molecule has 1 aliphatic heterocycles. The van der Waals surface area contributed by atoms with E-state index in [1.165, 1.54) is 0 Å². The van der Waals surface area contributed by atoms with Crippen LogP contribution in [-0.4, -0.2) is 27.1 Å². The molecular formula is C9H12BrN3O. The number of hydrogen-bond donors (Lipinski definition) is 0. The van der Waals surface area contributed by atoms with Crippen molar-refractivity contribution in [1.82, 2.24) is 9.78 Å². The summed E-state index contributed by atoms with van der Waals surface area (Å²) >= 11 is 3.45. The highest BCUT2D eigenvalue weighted by atomic mass is 79.9. The van der Waals surface area contributed by atoms with Gasteiger partial charge in [-0.05, 0) is 6.92 Å². The molecule has 0 aromatic carbocycles. The number of aromatic nitrogens is 2. The van der Waals surface area contributed by atoms with Gasteiger partial charge in [0.2, 0.25) is 5.91 Å². The van der Waals surface area contributed by atoms with E-state index in [0.29, 0.717) is 6.42 Å². The second-order valence-corrected chi connectivity index (χ2v) is 4.65. The van der Waals surface area contributed by atoms with Crippen LogP contribution in [-0.2, 0) is 11.3 Å². The summed E-state index contributed by atoms with van der Waals surface area (Å²) in [5.74, 6) is 0.169. The van der Waals surface area contributed by atoms with Crippen molar-refractivity contribution < 1.29 is 4.79 Å². The Kier molecular flexibility index (Phi) is 2.58. The summed E-state index contributed by atoms with van der Waals surface area (Å²) < 4.78 is 1.82. The third-order valence-electron chi connectivity index (χ3n) is 2.33. The summed E-state index contributed by atoms with van der Waals surface area (Å²) in [6.45, 7) is 3.60. The minimum Gasteiger partial charge on any atom is -0.308 e. The maximum absolute atomic E-state index is 11.5. The molecule has 1 aliphatic rings. The van der Waals surface area contributed by atoms with Gasteiger partial charge in [-0.2, -0.15) is 5.10 Å². The van der Waals surface area contributed by atoms with Gasteiger partial charge in [0, 0.05) is 30.5 Å². The van der Waals surface area contributed by atoms with Crippen molar-refractivity contribution in [1.29, 1.82) is 0 Å². The first-order valence-electron chi connectivity index (χ1n) is 4.67. The molecule has 0 saturated carbocycles. The summed E-state index contributed by atoms with van der Waals surface area (Å²) in [6, 6.07) is 0. The normalized spacial score (nSPS) is 22.0. The highest BCUT2D eigenvalue weighted by molar-refractivity contribution is 9.09. The zero-order valence-corrected chi connectivity index (χ0v) is 9.57. The molecule has 1 saturated heterocycles. The molecule has 1 amide bonds. The van der Waals surface area contributed by atoms with Crippen LogP contribution in [0.4, 0.5) is 5.69 Å². The van der Waals surface area contributed by atoms with Gasteiger partial charge in [-0.25, -0.2) is 0 Å². The summed E-state index contributed by atoms with van der Waals surface area (Å²) in [4.78, 5) is 13.6. The molecule has 1 aromatic heterocycles. The number of rotatable bonds is 2. The third kappa shape index (κ3) is 1.68. The van der Waals surface area contributed by atoms with Crippen LogP contribution < -0.4 is 4.90 Å². The number of nitrogens with zero attached hydrogens (tertiary/aromatic N) is 3. The van der Waals surface area contributed by atoms with Crippen LogP contribution in [0.5, 0.6) is 0 Å². The minimum atomic E-state index is 0.169. The summed E-state index contributed by atoms with van der Waals surface area (Å²) in [5, 5.41) is 4.15. The Morgan fingerprint density at radius 3 is 3.00 bits per heavy atom. The van der Waals surface area contributed by atoms with Crippen molar-refractivity contribution in [3.05, 3.63) is 12.4 Å². The van der Waals surface area contributed by atoms with Gasteiger partial charge in [-0.15, -0.1) is 0 Å². The molecule has 5 heteroatoms. The van der Waals surface area contributed by atoms with Gasteiger partial charge in [0.15, 0.2) is 0 Å². The minimum absolute atomic E-state index is 0.169. The molecule has 2 rings (SSSR count). The molecule has 14 heavy (non-hydrogen) atoms. The fourth-order valence-corrected chi connectivity index (χ4v) is 2.15. The molecule has 0 spiro atoms. The molecule has 1 atom stereocenters. The van der Waals surface area contributed by atoms with E-state index < -0.39 is 0 Å². The maximum atomic E-state index is 11.5. The number of alkyl halides is 1. The second-order valence-electron chi connectivity index (χ2n) is 3.36. The average molecular weight is 258 g/mol. The zero-order valence-electron chi connectivity index (χ0n) is 7.98. The van der Waals surface area contributed by atoms with E-state index in [9.17, 15) is 4.79 Å². The lowest BCUT2D eigenvalue weighted by Gasteiger charge is -2.12. The quantitative estimate of drug-likeness (QED) is 0.752. The predicted molar refractivity (Wildman–Crippen MR) is 57.6 cm³/mol. The van der Waals surface area contributed by atoms with Crippen molar-refractivity contribution in [3.8, 4) is 0 Å². The zero-order chi connectivity index (χ0) is 10.1. The Bertz CT molecular complexity index is 350. The third-order valence-corrected chi connectivity index (χ3v) is 2.95. The van der Waals surface area contributed by atoms with Crippen molar-refractivity contribution in [2.45, 2.75) is 24.7 Å². The largest absolute Gasteiger partial charge is 0.308 e. The van der Waals surface area contributed by atoms with Crippen molar-refractivity contribution in [2.75, 3.05) is 11.4 Å². The van der Waals surface area contributed by atoms with Crippen LogP contribution in [0.2, 0.25) is 0 Å². The molecular weight excluding hydrogens is 246 g/mol. The maximum Gasteiger partial charge on any atom is 0.228 e. The number of carbonyl (C=O) groups excluding carboxylic acids is 1. The number of hydrogen-bond acceptors (Lipinski definition) is 2. The van der Waals surface area contributed by atoms with Crippen LogP contribution in [0.15, 0.2) is 12.4 Å². The van der Waals surface area contributed by atoms with E-state index in [-0.39, 0.29) is 10.7 Å². The lowest BCUT2D eigenvalue weighted by Crippen LogP contribution is -2.23. The molecule has 0 bridgehead atoms. The van der Waals surface area contributed by atoms with Gasteiger partial charge in [0.25, 0.3) is 0 Å². The van der Waals surface area contributed by atoms with E-state index in [0.717, 1.165) is 18.8 Å². The van der Waals surface area contributed by atoms with Crippen LogP contribution in [0, 0.1) is 0 Å². The Morgan fingerprint density at radius 1 is 1.71 bits per heavy atom. The first-order valence-corrected chi connectivity index (χ1v) is 5.59. The van der Waals surface area contributed by atoms with Crippen molar-refractivity contribution in [2.24, 2.45) is 0 Å². The lowest BCUT2D eigenvalue weighted by molar-refractivity contribution is -0.117. The van der Waals surface area contributed by atoms with Gasteiger partial charge >= 0.3 is 0 Å². The number of carbonyl (C=O) groups is 1. The summed E-state index contributed by atoms with van der Waals surface area (Å²) in [5.41, 5.74) is 0.902. The first-order chi connectivity index (χ1) is 6.70. The topological polar surface area (TPSA) is 38.1 Å². The van der Waals surface area contributed by atoms with Gasteiger partial charge < -0.3 is 4.90 Å². The SMILES string of the molecule is CCn1cc(N2CC(Br)CC2=O)cn1. The summed E-state index contributed by atoms with van der Waals surface area (Å²) in [6.07, 6.45) is 4.23. The smallest absolute Gasteiger partial charge is 0.228 e. The summed E-state index contributed by atoms with van der Waals surface area (Å²) in [7, 11) is 0. The van der Waals surface area contributed by atoms with Crippen LogP contribution >= 0.6 is 15.9 Å². The van der Waals surface area contributed by atoms with Gasteiger partial charge in [-0.1, -0.05) is 15.9 Å². The fraction of sp³-hybridized carbons (Fsp3) is 0.556. The van der Waals surface area contributed by atoms with Crippen LogP contribution in [0.3, 0.4) is 0 Å². The first kappa shape index (κ1) is 9.71. The Hall–Kier alpha value is -0.840. The van der Waals surface area contributed by atoms with E-state index in [1.807, 2.05) is 17.8 Å². The Morgan fingerprint density at radius 2 is 2.50 bits per heavy atom. The highest BCUT2D eigenvalue weighted by Gasteiger charge is 2.29. The molecule has 1 unspecified atom stereocenters. The molecule has 4 nitrogen and oxygen atoms in total. The molecule has 76 valence electrons. The van der Waals surface area contributed by atoms with Gasteiger partial charge in [-0.3, -0.25) is 9.48 Å². The van der Waals surface area contributed by atoms with E-state index in [2.05, 4.69) is 21.0 Å². The highest BCUT2D eigenvalue weighted by Crippen LogP contribution is 2.24. The lowest BCUT2D eigenvalue weighted by atomic mass is 10.4. The average Bonchev–Trinajstić information content (AvgIpc) is 2.71. The standard InChI is InChI=1S/C9H12BrN3O/c1-2-12-6-8(4-11-12)13-5-7(10)3-9(13)14/h4,6-7H,2-3,5H2,1H3.